The van der Waals surface area contributed by atoms with Crippen molar-refractivity contribution in [1.82, 2.24) is 0 Å². The molecule has 20 heavy (non-hydrogen) atoms. The summed E-state index contributed by atoms with van der Waals surface area (Å²) in [6.45, 7) is 1.14. The molecule has 0 spiro atoms. The Balaban J connectivity index is 2.10. The zero-order chi connectivity index (χ0) is 14.6. The van der Waals surface area contributed by atoms with E-state index in [0.717, 1.165) is 0 Å². The Hall–Kier alpha value is -1.76. The minimum Gasteiger partial charge on any atom is -0.457 e. The average molecular weight is 282 g/mol. The second kappa shape index (κ2) is 10.1. The van der Waals surface area contributed by atoms with E-state index in [1.165, 1.54) is 0 Å². The van der Waals surface area contributed by atoms with Gasteiger partial charge in [0.25, 0.3) is 5.78 Å². The van der Waals surface area contributed by atoms with Gasteiger partial charge < -0.3 is 19.3 Å². The summed E-state index contributed by atoms with van der Waals surface area (Å²) in [6, 6.07) is 8.22. The molecule has 0 aliphatic rings. The summed E-state index contributed by atoms with van der Waals surface area (Å²) in [5, 5.41) is 8.46. The van der Waals surface area contributed by atoms with Crippen LogP contribution in [-0.2, 0) is 19.0 Å². The second-order valence-electron chi connectivity index (χ2n) is 3.78. The highest BCUT2D eigenvalue weighted by Crippen LogP contribution is 2.01. The van der Waals surface area contributed by atoms with Crippen LogP contribution in [0.3, 0.4) is 0 Å². The van der Waals surface area contributed by atoms with Crippen LogP contribution in [0.4, 0.5) is 0 Å². The van der Waals surface area contributed by atoms with Crippen LogP contribution in [0.1, 0.15) is 10.4 Å². The maximum atomic E-state index is 11.6. The smallest absolute Gasteiger partial charge is 0.379 e. The number of esters is 1. The van der Waals surface area contributed by atoms with Gasteiger partial charge in [0.1, 0.15) is 6.61 Å². The van der Waals surface area contributed by atoms with Crippen molar-refractivity contribution in [2.45, 2.75) is 0 Å². The number of ketones is 1. The first kappa shape index (κ1) is 16.3. The Morgan fingerprint density at radius 2 is 1.50 bits per heavy atom. The van der Waals surface area contributed by atoms with Gasteiger partial charge in [0.2, 0.25) is 0 Å². The lowest BCUT2D eigenvalue weighted by Crippen LogP contribution is -2.20. The molecule has 110 valence electrons. The van der Waals surface area contributed by atoms with Crippen LogP contribution in [-0.4, -0.2) is 56.5 Å². The third-order valence-corrected chi connectivity index (χ3v) is 2.29. The topological polar surface area (TPSA) is 82.1 Å². The van der Waals surface area contributed by atoms with E-state index in [9.17, 15) is 9.59 Å². The summed E-state index contributed by atoms with van der Waals surface area (Å²) < 4.78 is 14.9. The monoisotopic (exact) mass is 282 g/mol. The summed E-state index contributed by atoms with van der Waals surface area (Å²) in [6.07, 6.45) is 0. The first-order valence-corrected chi connectivity index (χ1v) is 6.28. The number of hydrogen-bond acceptors (Lipinski definition) is 6. The molecule has 0 aromatic heterocycles. The molecule has 0 heterocycles. The zero-order valence-electron chi connectivity index (χ0n) is 11.1. The number of aliphatic hydroxyl groups excluding tert-OH is 1. The number of benzene rings is 1. The number of carbonyl (C=O) groups is 2. The van der Waals surface area contributed by atoms with E-state index in [1.54, 1.807) is 30.3 Å². The van der Waals surface area contributed by atoms with Gasteiger partial charge in [0.05, 0.1) is 33.0 Å². The normalized spacial score (nSPS) is 10.2. The molecule has 0 fully saturated rings. The van der Waals surface area contributed by atoms with Gasteiger partial charge in [-0.2, -0.15) is 0 Å². The number of Topliss-reactive ketones (excluding diaryl/α,β-unsaturated/α-hetero) is 1. The summed E-state index contributed by atoms with van der Waals surface area (Å²) in [4.78, 5) is 23.1. The van der Waals surface area contributed by atoms with Gasteiger partial charge in [-0.25, -0.2) is 4.79 Å². The fourth-order valence-corrected chi connectivity index (χ4v) is 1.35. The molecule has 0 saturated heterocycles. The minimum absolute atomic E-state index is 0.0113. The highest BCUT2D eigenvalue weighted by atomic mass is 16.6. The number of rotatable bonds is 10. The summed E-state index contributed by atoms with van der Waals surface area (Å²) in [5.74, 6) is -1.56. The lowest BCUT2D eigenvalue weighted by atomic mass is 10.1. The Morgan fingerprint density at radius 1 is 0.900 bits per heavy atom. The standard InChI is InChI=1S/C14H18O6/c15-6-7-18-8-9-19-10-11-20-14(17)13(16)12-4-2-1-3-5-12/h1-5,15H,6-11H2. The molecule has 1 rings (SSSR count). The third kappa shape index (κ3) is 6.42. The quantitative estimate of drug-likeness (QED) is 0.290. The molecular formula is C14H18O6. The maximum Gasteiger partial charge on any atom is 0.379 e. The number of aliphatic hydroxyl groups is 1. The van der Waals surface area contributed by atoms with Crippen LogP contribution in [0.5, 0.6) is 0 Å². The van der Waals surface area contributed by atoms with Gasteiger partial charge in [-0.15, -0.1) is 0 Å². The maximum absolute atomic E-state index is 11.6. The zero-order valence-corrected chi connectivity index (χ0v) is 11.1. The molecule has 0 bridgehead atoms. The van der Waals surface area contributed by atoms with E-state index in [0.29, 0.717) is 18.8 Å². The number of ether oxygens (including phenoxy) is 3. The van der Waals surface area contributed by atoms with Gasteiger partial charge in [0.15, 0.2) is 0 Å². The molecule has 0 atom stereocenters. The van der Waals surface area contributed by atoms with E-state index in [4.69, 9.17) is 19.3 Å². The van der Waals surface area contributed by atoms with Crippen LogP contribution in [0.2, 0.25) is 0 Å². The molecular weight excluding hydrogens is 264 g/mol. The fraction of sp³-hybridized carbons (Fsp3) is 0.429. The first-order valence-electron chi connectivity index (χ1n) is 6.28. The predicted octanol–water partition coefficient (Wildman–Crippen LogP) is 0.438. The molecule has 0 aliphatic heterocycles. The summed E-state index contributed by atoms with van der Waals surface area (Å²) in [7, 11) is 0. The highest BCUT2D eigenvalue weighted by molar-refractivity contribution is 6.40. The Labute approximate surface area is 117 Å². The van der Waals surface area contributed by atoms with Crippen molar-refractivity contribution >= 4 is 11.8 Å². The van der Waals surface area contributed by atoms with Crippen LogP contribution in [0.15, 0.2) is 30.3 Å². The van der Waals surface area contributed by atoms with Gasteiger partial charge in [0, 0.05) is 5.56 Å². The molecule has 1 aromatic carbocycles. The molecule has 1 aromatic rings. The summed E-state index contributed by atoms with van der Waals surface area (Å²) >= 11 is 0. The number of carbonyl (C=O) groups excluding carboxylic acids is 2. The Bertz CT molecular complexity index is 403. The molecule has 0 radical (unpaired) electrons. The Kier molecular flexibility index (Phi) is 8.21. The number of hydrogen-bond donors (Lipinski definition) is 1. The van der Waals surface area contributed by atoms with Gasteiger partial charge in [-0.3, -0.25) is 4.79 Å². The van der Waals surface area contributed by atoms with Crippen molar-refractivity contribution in [3.05, 3.63) is 35.9 Å². The van der Waals surface area contributed by atoms with E-state index >= 15 is 0 Å². The molecule has 0 unspecified atom stereocenters. The molecule has 0 saturated carbocycles. The van der Waals surface area contributed by atoms with E-state index < -0.39 is 11.8 Å². The van der Waals surface area contributed by atoms with Gasteiger partial charge in [-0.05, 0) is 0 Å². The largest absolute Gasteiger partial charge is 0.457 e. The van der Waals surface area contributed by atoms with Crippen LogP contribution in [0.25, 0.3) is 0 Å². The van der Waals surface area contributed by atoms with Gasteiger partial charge in [-0.1, -0.05) is 30.3 Å². The lowest BCUT2D eigenvalue weighted by molar-refractivity contribution is -0.139. The van der Waals surface area contributed by atoms with Crippen molar-refractivity contribution in [3.8, 4) is 0 Å². The average Bonchev–Trinajstić information content (AvgIpc) is 2.50. The van der Waals surface area contributed by atoms with Crippen LogP contribution < -0.4 is 0 Å². The fourth-order valence-electron chi connectivity index (χ4n) is 1.35. The van der Waals surface area contributed by atoms with Gasteiger partial charge >= 0.3 is 5.97 Å². The highest BCUT2D eigenvalue weighted by Gasteiger charge is 2.16. The lowest BCUT2D eigenvalue weighted by Gasteiger charge is -2.06. The van der Waals surface area contributed by atoms with E-state index in [-0.39, 0.29) is 26.4 Å². The second-order valence-corrected chi connectivity index (χ2v) is 3.78. The third-order valence-electron chi connectivity index (χ3n) is 2.29. The SMILES string of the molecule is O=C(OCCOCCOCCO)C(=O)c1ccccc1. The summed E-state index contributed by atoms with van der Waals surface area (Å²) in [5.41, 5.74) is 0.302. The van der Waals surface area contributed by atoms with Crippen molar-refractivity contribution in [2.24, 2.45) is 0 Å². The first-order chi connectivity index (χ1) is 9.75. The molecule has 6 heteroatoms. The van der Waals surface area contributed by atoms with Crippen molar-refractivity contribution < 1.29 is 28.9 Å². The minimum atomic E-state index is -0.892. The van der Waals surface area contributed by atoms with E-state index in [2.05, 4.69) is 0 Å². The Morgan fingerprint density at radius 3 is 2.15 bits per heavy atom. The predicted molar refractivity (Wildman–Crippen MR) is 70.5 cm³/mol. The van der Waals surface area contributed by atoms with Crippen LogP contribution >= 0.6 is 0 Å². The van der Waals surface area contributed by atoms with Crippen molar-refractivity contribution in [1.29, 1.82) is 0 Å². The van der Waals surface area contributed by atoms with Crippen molar-refractivity contribution in [3.63, 3.8) is 0 Å². The molecule has 0 aliphatic carbocycles. The molecule has 6 nitrogen and oxygen atoms in total. The molecule has 0 amide bonds. The molecule has 1 N–H and O–H groups in total. The van der Waals surface area contributed by atoms with Crippen LogP contribution in [0, 0.1) is 0 Å². The van der Waals surface area contributed by atoms with E-state index in [1.807, 2.05) is 0 Å². The van der Waals surface area contributed by atoms with Crippen molar-refractivity contribution in [2.75, 3.05) is 39.6 Å².